The Kier molecular flexibility index (Phi) is 10.5. The minimum Gasteiger partial charge on any atom is -0.481 e. The van der Waals surface area contributed by atoms with Crippen molar-refractivity contribution in [2.75, 3.05) is 38.1 Å². The highest BCUT2D eigenvalue weighted by Crippen LogP contribution is 2.19. The van der Waals surface area contributed by atoms with E-state index in [0.29, 0.717) is 5.56 Å². The SMILES string of the molecule is CCOC(=O)N1CCN(C(=O)C(CCC(=O)O)NC(=O)c2cc(NC(=O)C(C)C)nc(-c3ccccc3)n2)CC1. The van der Waals surface area contributed by atoms with E-state index in [-0.39, 0.29) is 74.8 Å². The Morgan fingerprint density at radius 3 is 2.25 bits per heavy atom. The second-order valence-electron chi connectivity index (χ2n) is 9.44. The van der Waals surface area contributed by atoms with E-state index < -0.39 is 29.9 Å². The Morgan fingerprint density at radius 2 is 1.65 bits per heavy atom. The lowest BCUT2D eigenvalue weighted by atomic mass is 10.1. The molecule has 13 heteroatoms. The highest BCUT2D eigenvalue weighted by molar-refractivity contribution is 5.98. The zero-order valence-corrected chi connectivity index (χ0v) is 22.8. The number of rotatable bonds is 10. The molecule has 2 aromatic rings. The van der Waals surface area contributed by atoms with Crippen LogP contribution in [0.3, 0.4) is 0 Å². The number of nitrogens with zero attached hydrogens (tertiary/aromatic N) is 4. The van der Waals surface area contributed by atoms with Gasteiger partial charge in [-0.2, -0.15) is 0 Å². The fourth-order valence-electron chi connectivity index (χ4n) is 3.92. The van der Waals surface area contributed by atoms with Gasteiger partial charge in [0.1, 0.15) is 17.6 Å². The van der Waals surface area contributed by atoms with Crippen molar-refractivity contribution in [1.29, 1.82) is 0 Å². The van der Waals surface area contributed by atoms with Crippen LogP contribution in [0.1, 0.15) is 44.1 Å². The van der Waals surface area contributed by atoms with E-state index in [1.165, 1.54) is 15.9 Å². The number of carbonyl (C=O) groups excluding carboxylic acids is 4. The average Bonchev–Trinajstić information content (AvgIpc) is 2.95. The number of piperazine rings is 1. The summed E-state index contributed by atoms with van der Waals surface area (Å²) in [5, 5.41) is 14.5. The smallest absolute Gasteiger partial charge is 0.409 e. The molecule has 2 heterocycles. The van der Waals surface area contributed by atoms with Crippen molar-refractivity contribution in [3.8, 4) is 11.4 Å². The summed E-state index contributed by atoms with van der Waals surface area (Å²) in [6.07, 6.45) is -0.969. The number of nitrogens with one attached hydrogen (secondary N) is 2. The van der Waals surface area contributed by atoms with Crippen LogP contribution in [0.25, 0.3) is 11.4 Å². The minimum atomic E-state index is -1.15. The molecule has 40 heavy (non-hydrogen) atoms. The molecule has 3 N–H and O–H groups in total. The number of amides is 4. The van der Waals surface area contributed by atoms with E-state index in [4.69, 9.17) is 4.74 Å². The summed E-state index contributed by atoms with van der Waals surface area (Å²) in [7, 11) is 0. The molecule has 13 nitrogen and oxygen atoms in total. The molecule has 1 atom stereocenters. The highest BCUT2D eigenvalue weighted by Gasteiger charge is 2.31. The van der Waals surface area contributed by atoms with Crippen LogP contribution in [-0.2, 0) is 19.1 Å². The first-order valence-corrected chi connectivity index (χ1v) is 13.1. The fourth-order valence-corrected chi connectivity index (χ4v) is 3.92. The molecule has 3 rings (SSSR count). The van der Waals surface area contributed by atoms with Crippen molar-refractivity contribution in [3.63, 3.8) is 0 Å². The normalized spacial score (nSPS) is 13.9. The summed E-state index contributed by atoms with van der Waals surface area (Å²) >= 11 is 0. The molecule has 214 valence electrons. The molecular weight excluding hydrogens is 520 g/mol. The Bertz CT molecular complexity index is 1230. The molecule has 0 bridgehead atoms. The van der Waals surface area contributed by atoms with Gasteiger partial charge in [0, 0.05) is 50.1 Å². The van der Waals surface area contributed by atoms with Gasteiger partial charge in [0.25, 0.3) is 5.91 Å². The van der Waals surface area contributed by atoms with Gasteiger partial charge in [-0.1, -0.05) is 44.2 Å². The van der Waals surface area contributed by atoms with Gasteiger partial charge in [-0.25, -0.2) is 14.8 Å². The first-order valence-electron chi connectivity index (χ1n) is 13.1. The summed E-state index contributed by atoms with van der Waals surface area (Å²) in [4.78, 5) is 74.0. The fraction of sp³-hybridized carbons (Fsp3) is 0.444. The second kappa shape index (κ2) is 14.0. The third kappa shape index (κ3) is 8.22. The molecular formula is C27H34N6O7. The third-order valence-electron chi connectivity index (χ3n) is 6.13. The Balaban J connectivity index is 1.83. The van der Waals surface area contributed by atoms with Crippen LogP contribution >= 0.6 is 0 Å². The van der Waals surface area contributed by atoms with Gasteiger partial charge < -0.3 is 30.3 Å². The predicted molar refractivity (Wildman–Crippen MR) is 144 cm³/mol. The first kappa shape index (κ1) is 30.0. The van der Waals surface area contributed by atoms with Crippen LogP contribution < -0.4 is 10.6 Å². The molecule has 1 aromatic carbocycles. The van der Waals surface area contributed by atoms with Crippen LogP contribution in [0.2, 0.25) is 0 Å². The number of aromatic nitrogens is 2. The molecule has 1 unspecified atom stereocenters. The molecule has 4 amide bonds. The van der Waals surface area contributed by atoms with Gasteiger partial charge in [0.15, 0.2) is 5.82 Å². The molecule has 1 aliphatic heterocycles. The molecule has 1 aliphatic rings. The monoisotopic (exact) mass is 554 g/mol. The number of hydrogen-bond acceptors (Lipinski definition) is 8. The molecule has 0 radical (unpaired) electrons. The number of hydrogen-bond donors (Lipinski definition) is 3. The molecule has 1 fully saturated rings. The van der Waals surface area contributed by atoms with Gasteiger partial charge in [-0.05, 0) is 13.3 Å². The highest BCUT2D eigenvalue weighted by atomic mass is 16.6. The van der Waals surface area contributed by atoms with Gasteiger partial charge in [0.2, 0.25) is 11.8 Å². The molecule has 1 aromatic heterocycles. The topological polar surface area (TPSA) is 171 Å². The van der Waals surface area contributed by atoms with E-state index in [1.54, 1.807) is 45.0 Å². The maximum Gasteiger partial charge on any atom is 0.409 e. The number of carboxylic acids is 1. The maximum absolute atomic E-state index is 13.4. The van der Waals surface area contributed by atoms with Crippen molar-refractivity contribution in [2.24, 2.45) is 5.92 Å². The van der Waals surface area contributed by atoms with E-state index in [1.807, 2.05) is 6.07 Å². The predicted octanol–water partition coefficient (Wildman–Crippen LogP) is 2.00. The molecule has 0 saturated carbocycles. The number of ether oxygens (including phenoxy) is 1. The summed E-state index contributed by atoms with van der Waals surface area (Å²) in [5.74, 6) is -2.66. The quantitative estimate of drug-likeness (QED) is 0.397. The summed E-state index contributed by atoms with van der Waals surface area (Å²) in [5.41, 5.74) is 0.503. The van der Waals surface area contributed by atoms with Crippen molar-refractivity contribution in [1.82, 2.24) is 25.1 Å². The van der Waals surface area contributed by atoms with Gasteiger partial charge >= 0.3 is 12.1 Å². The van der Waals surface area contributed by atoms with E-state index >= 15 is 0 Å². The van der Waals surface area contributed by atoms with Crippen LogP contribution in [0.15, 0.2) is 36.4 Å². The average molecular weight is 555 g/mol. The summed E-state index contributed by atoms with van der Waals surface area (Å²) < 4.78 is 5.00. The van der Waals surface area contributed by atoms with E-state index in [2.05, 4.69) is 20.6 Å². The lowest BCUT2D eigenvalue weighted by Gasteiger charge is -2.35. The summed E-state index contributed by atoms with van der Waals surface area (Å²) in [6.45, 7) is 6.27. The number of benzene rings is 1. The Morgan fingerprint density at radius 1 is 1.00 bits per heavy atom. The first-order chi connectivity index (χ1) is 19.1. The zero-order chi connectivity index (χ0) is 29.2. The van der Waals surface area contributed by atoms with E-state index in [9.17, 15) is 29.1 Å². The maximum atomic E-state index is 13.4. The Labute approximate surface area is 231 Å². The van der Waals surface area contributed by atoms with Crippen molar-refractivity contribution in [3.05, 3.63) is 42.1 Å². The van der Waals surface area contributed by atoms with Crippen LogP contribution in [0, 0.1) is 5.92 Å². The number of carboxylic acid groups (broad SMARTS) is 1. The molecule has 0 spiro atoms. The largest absolute Gasteiger partial charge is 0.481 e. The number of aliphatic carboxylic acids is 1. The van der Waals surface area contributed by atoms with Gasteiger partial charge in [0.05, 0.1) is 6.61 Å². The minimum absolute atomic E-state index is 0.104. The zero-order valence-electron chi connectivity index (χ0n) is 22.8. The lowest BCUT2D eigenvalue weighted by Crippen LogP contribution is -2.56. The number of anilines is 1. The molecule has 1 saturated heterocycles. The van der Waals surface area contributed by atoms with Crippen LogP contribution in [0.4, 0.5) is 10.6 Å². The second-order valence-corrected chi connectivity index (χ2v) is 9.44. The standard InChI is InChI=1S/C27H34N6O7/c1-4-40-27(39)33-14-12-32(13-15-33)26(38)19(10-11-22(34)35)29-25(37)20-16-21(31-24(36)17(2)3)30-23(28-20)18-8-6-5-7-9-18/h5-9,16-17,19H,4,10-15H2,1-3H3,(H,29,37)(H,34,35)(H,28,30,31,36). The van der Waals surface area contributed by atoms with E-state index in [0.717, 1.165) is 0 Å². The van der Waals surface area contributed by atoms with Gasteiger partial charge in [-0.3, -0.25) is 19.2 Å². The summed E-state index contributed by atoms with van der Waals surface area (Å²) in [6, 6.07) is 9.02. The van der Waals surface area contributed by atoms with Crippen LogP contribution in [0.5, 0.6) is 0 Å². The lowest BCUT2D eigenvalue weighted by molar-refractivity contribution is -0.138. The number of carbonyl (C=O) groups is 5. The third-order valence-corrected chi connectivity index (χ3v) is 6.13. The molecule has 0 aliphatic carbocycles. The van der Waals surface area contributed by atoms with Gasteiger partial charge in [-0.15, -0.1) is 0 Å². The Hall–Kier alpha value is -4.55. The van der Waals surface area contributed by atoms with Crippen molar-refractivity contribution in [2.45, 2.75) is 39.7 Å². The van der Waals surface area contributed by atoms with Crippen molar-refractivity contribution < 1.29 is 33.8 Å². The van der Waals surface area contributed by atoms with Crippen LogP contribution in [-0.4, -0.2) is 93.5 Å². The van der Waals surface area contributed by atoms with Crippen molar-refractivity contribution >= 4 is 35.6 Å².